The second-order valence-electron chi connectivity index (χ2n) is 4.06. The van der Waals surface area contributed by atoms with Gasteiger partial charge in [0.2, 0.25) is 0 Å². The number of aromatic nitrogens is 1. The van der Waals surface area contributed by atoms with E-state index in [1.54, 1.807) is 11.3 Å². The predicted octanol–water partition coefficient (Wildman–Crippen LogP) is 3.26. The van der Waals surface area contributed by atoms with Crippen LogP contribution >= 0.6 is 11.3 Å². The van der Waals surface area contributed by atoms with Crippen molar-refractivity contribution in [2.75, 3.05) is 0 Å². The Morgan fingerprint density at radius 2 is 1.94 bits per heavy atom. The standard InChI is InChI=1S/C13H16N2S/c1-9-5-8-16-13(9)12(14)10(2)11-3-6-15-7-4-11/h3-8,10,12H,14H2,1-2H3. The van der Waals surface area contributed by atoms with Crippen molar-refractivity contribution in [3.8, 4) is 0 Å². The fourth-order valence-corrected chi connectivity index (χ4v) is 2.86. The van der Waals surface area contributed by atoms with E-state index >= 15 is 0 Å². The Morgan fingerprint density at radius 3 is 2.50 bits per heavy atom. The minimum Gasteiger partial charge on any atom is -0.323 e. The first-order valence-corrected chi connectivity index (χ1v) is 6.27. The van der Waals surface area contributed by atoms with Gasteiger partial charge in [-0.3, -0.25) is 4.98 Å². The van der Waals surface area contributed by atoms with Crippen LogP contribution < -0.4 is 5.73 Å². The quantitative estimate of drug-likeness (QED) is 0.882. The molecule has 0 amide bonds. The summed E-state index contributed by atoms with van der Waals surface area (Å²) in [5, 5.41) is 2.10. The third kappa shape index (κ3) is 2.15. The van der Waals surface area contributed by atoms with Crippen LogP contribution in [-0.2, 0) is 0 Å². The normalized spacial score (nSPS) is 14.7. The Bertz CT molecular complexity index is 450. The van der Waals surface area contributed by atoms with E-state index in [-0.39, 0.29) is 6.04 Å². The molecule has 0 aliphatic carbocycles. The molecule has 0 aliphatic heterocycles. The van der Waals surface area contributed by atoms with Crippen molar-refractivity contribution in [3.05, 3.63) is 52.0 Å². The van der Waals surface area contributed by atoms with E-state index < -0.39 is 0 Å². The molecule has 0 bridgehead atoms. The summed E-state index contributed by atoms with van der Waals surface area (Å²) in [5.74, 6) is 0.320. The molecule has 0 spiro atoms. The average molecular weight is 232 g/mol. The number of pyridine rings is 1. The number of thiophene rings is 1. The van der Waals surface area contributed by atoms with Crippen molar-refractivity contribution in [1.82, 2.24) is 4.98 Å². The van der Waals surface area contributed by atoms with Crippen molar-refractivity contribution in [2.45, 2.75) is 25.8 Å². The fraction of sp³-hybridized carbons (Fsp3) is 0.308. The number of hydrogen-bond acceptors (Lipinski definition) is 3. The zero-order chi connectivity index (χ0) is 11.5. The van der Waals surface area contributed by atoms with Gasteiger partial charge >= 0.3 is 0 Å². The summed E-state index contributed by atoms with van der Waals surface area (Å²) in [6.45, 7) is 4.28. The fourth-order valence-electron chi connectivity index (χ4n) is 1.83. The van der Waals surface area contributed by atoms with E-state index in [2.05, 4.69) is 30.3 Å². The van der Waals surface area contributed by atoms with Crippen LogP contribution in [0.2, 0.25) is 0 Å². The van der Waals surface area contributed by atoms with Crippen LogP contribution in [0.4, 0.5) is 0 Å². The largest absolute Gasteiger partial charge is 0.323 e. The van der Waals surface area contributed by atoms with Crippen LogP contribution in [0.15, 0.2) is 36.0 Å². The Morgan fingerprint density at radius 1 is 1.25 bits per heavy atom. The number of nitrogens with two attached hydrogens (primary N) is 1. The molecule has 16 heavy (non-hydrogen) atoms. The Labute approximate surface area is 100 Å². The van der Waals surface area contributed by atoms with Gasteiger partial charge in [-0.2, -0.15) is 0 Å². The van der Waals surface area contributed by atoms with Gasteiger partial charge in [-0.1, -0.05) is 6.92 Å². The summed E-state index contributed by atoms with van der Waals surface area (Å²) in [6, 6.07) is 6.27. The Balaban J connectivity index is 2.23. The lowest BCUT2D eigenvalue weighted by Gasteiger charge is -2.19. The molecule has 2 aromatic rings. The molecule has 2 nitrogen and oxygen atoms in total. The first-order chi connectivity index (χ1) is 7.70. The van der Waals surface area contributed by atoms with Crippen LogP contribution in [0.25, 0.3) is 0 Å². The smallest absolute Gasteiger partial charge is 0.0459 e. The Kier molecular flexibility index (Phi) is 3.36. The molecular formula is C13H16N2S. The second kappa shape index (κ2) is 4.76. The van der Waals surface area contributed by atoms with Gasteiger partial charge in [-0.05, 0) is 41.6 Å². The molecule has 2 rings (SSSR count). The van der Waals surface area contributed by atoms with Gasteiger partial charge in [0, 0.05) is 29.2 Å². The molecule has 2 N–H and O–H groups in total. The molecule has 2 heterocycles. The monoisotopic (exact) mass is 232 g/mol. The zero-order valence-electron chi connectivity index (χ0n) is 9.55. The van der Waals surface area contributed by atoms with E-state index in [4.69, 9.17) is 5.73 Å². The van der Waals surface area contributed by atoms with Gasteiger partial charge in [0.15, 0.2) is 0 Å². The molecule has 84 valence electrons. The molecule has 0 aromatic carbocycles. The minimum absolute atomic E-state index is 0.0717. The van der Waals surface area contributed by atoms with Gasteiger partial charge in [-0.15, -0.1) is 11.3 Å². The highest BCUT2D eigenvalue weighted by Crippen LogP contribution is 2.32. The molecule has 2 unspecified atom stereocenters. The molecule has 3 heteroatoms. The van der Waals surface area contributed by atoms with E-state index in [0.717, 1.165) is 0 Å². The highest BCUT2D eigenvalue weighted by molar-refractivity contribution is 7.10. The summed E-state index contributed by atoms with van der Waals surface area (Å²) in [7, 11) is 0. The van der Waals surface area contributed by atoms with Crippen molar-refractivity contribution >= 4 is 11.3 Å². The number of rotatable bonds is 3. The van der Waals surface area contributed by atoms with Crippen molar-refractivity contribution in [2.24, 2.45) is 5.73 Å². The molecule has 2 aromatic heterocycles. The van der Waals surface area contributed by atoms with Gasteiger partial charge in [0.25, 0.3) is 0 Å². The third-order valence-electron chi connectivity index (χ3n) is 2.98. The number of hydrogen-bond donors (Lipinski definition) is 1. The van der Waals surface area contributed by atoms with Crippen LogP contribution in [0.5, 0.6) is 0 Å². The second-order valence-corrected chi connectivity index (χ2v) is 5.01. The van der Waals surface area contributed by atoms with Gasteiger partial charge in [0.05, 0.1) is 0 Å². The van der Waals surface area contributed by atoms with E-state index in [9.17, 15) is 0 Å². The SMILES string of the molecule is Cc1ccsc1C(N)C(C)c1ccncc1. The summed E-state index contributed by atoms with van der Waals surface area (Å²) >= 11 is 1.74. The van der Waals surface area contributed by atoms with Crippen molar-refractivity contribution < 1.29 is 0 Å². The predicted molar refractivity (Wildman–Crippen MR) is 68.6 cm³/mol. The van der Waals surface area contributed by atoms with E-state index in [1.807, 2.05) is 24.5 Å². The molecule has 0 saturated carbocycles. The lowest BCUT2D eigenvalue weighted by molar-refractivity contribution is 0.604. The highest BCUT2D eigenvalue weighted by atomic mass is 32.1. The number of aryl methyl sites for hydroxylation is 1. The van der Waals surface area contributed by atoms with Crippen LogP contribution in [0, 0.1) is 6.92 Å². The third-order valence-corrected chi connectivity index (χ3v) is 4.10. The average Bonchev–Trinajstić information content (AvgIpc) is 2.75. The van der Waals surface area contributed by atoms with Crippen molar-refractivity contribution in [3.63, 3.8) is 0 Å². The maximum absolute atomic E-state index is 6.31. The zero-order valence-corrected chi connectivity index (χ0v) is 10.4. The first-order valence-electron chi connectivity index (χ1n) is 5.39. The maximum Gasteiger partial charge on any atom is 0.0459 e. The lowest BCUT2D eigenvalue weighted by atomic mass is 9.92. The lowest BCUT2D eigenvalue weighted by Crippen LogP contribution is -2.17. The molecule has 0 fully saturated rings. The molecular weight excluding hydrogens is 216 g/mol. The topological polar surface area (TPSA) is 38.9 Å². The van der Waals surface area contributed by atoms with Gasteiger partial charge in [-0.25, -0.2) is 0 Å². The molecule has 2 atom stereocenters. The highest BCUT2D eigenvalue weighted by Gasteiger charge is 2.19. The molecule has 0 saturated heterocycles. The number of nitrogens with zero attached hydrogens (tertiary/aromatic N) is 1. The van der Waals surface area contributed by atoms with Crippen molar-refractivity contribution in [1.29, 1.82) is 0 Å². The molecule has 0 aliphatic rings. The van der Waals surface area contributed by atoms with E-state index in [0.29, 0.717) is 5.92 Å². The van der Waals surface area contributed by atoms with Crippen LogP contribution in [0.3, 0.4) is 0 Å². The van der Waals surface area contributed by atoms with Crippen LogP contribution in [0.1, 0.15) is 34.9 Å². The summed E-state index contributed by atoms with van der Waals surface area (Å²) < 4.78 is 0. The van der Waals surface area contributed by atoms with Crippen LogP contribution in [-0.4, -0.2) is 4.98 Å². The molecule has 0 radical (unpaired) electrons. The summed E-state index contributed by atoms with van der Waals surface area (Å²) in [5.41, 5.74) is 8.84. The first kappa shape index (κ1) is 11.3. The van der Waals surface area contributed by atoms with E-state index in [1.165, 1.54) is 16.0 Å². The summed E-state index contributed by atoms with van der Waals surface area (Å²) in [4.78, 5) is 5.31. The Hall–Kier alpha value is -1.19. The minimum atomic E-state index is 0.0717. The van der Waals surface area contributed by atoms with Gasteiger partial charge in [0.1, 0.15) is 0 Å². The maximum atomic E-state index is 6.31. The summed E-state index contributed by atoms with van der Waals surface area (Å²) in [6.07, 6.45) is 3.64. The van der Waals surface area contributed by atoms with Gasteiger partial charge < -0.3 is 5.73 Å².